The number of rotatable bonds is 23. The second-order valence-electron chi connectivity index (χ2n) is 16.5. The third kappa shape index (κ3) is 17.5. The van der Waals surface area contributed by atoms with E-state index in [9.17, 15) is 82.9 Å². The van der Waals surface area contributed by atoms with Crippen molar-refractivity contribution >= 4 is 163 Å². The van der Waals surface area contributed by atoms with E-state index in [0.717, 1.165) is 30.3 Å². The number of halogens is 2. The molecule has 0 fully saturated rings. The van der Waals surface area contributed by atoms with Gasteiger partial charge in [0.1, 0.15) is 58.2 Å². The van der Waals surface area contributed by atoms with Crippen molar-refractivity contribution in [3.63, 3.8) is 0 Å². The molecule has 0 atom stereocenters. The maximum atomic E-state index is 12.9. The van der Waals surface area contributed by atoms with Crippen LogP contribution in [0.3, 0.4) is 0 Å². The minimum absolute atomic E-state index is 0.0201. The van der Waals surface area contributed by atoms with Gasteiger partial charge in [0.15, 0.2) is 5.75 Å². The Hall–Kier alpha value is -7.59. The number of hydrogen-bond acceptors (Lipinski definition) is 27. The molecule has 0 bridgehead atoms. The van der Waals surface area contributed by atoms with Gasteiger partial charge in [0.05, 0.1) is 41.5 Å². The van der Waals surface area contributed by atoms with Gasteiger partial charge in [-0.05, 0) is 103 Å². The highest BCUT2D eigenvalue weighted by atomic mass is 35.5. The molecular weight excluding hydrogens is 1300 g/mol. The van der Waals surface area contributed by atoms with Crippen LogP contribution in [0, 0.1) is 0 Å². The molecule has 0 aliphatic carbocycles. The molecule has 6 rings (SSSR count). The van der Waals surface area contributed by atoms with Crippen molar-refractivity contribution in [2.24, 2.45) is 30.4 Å². The molecule has 35 nitrogen and oxygen atoms in total. The molecule has 14 N–H and O–H groups in total. The lowest BCUT2D eigenvalue weighted by atomic mass is 10.1. The van der Waals surface area contributed by atoms with E-state index in [2.05, 4.69) is 66.7 Å². The van der Waals surface area contributed by atoms with Crippen molar-refractivity contribution in [2.75, 3.05) is 53.4 Å². The van der Waals surface area contributed by atoms with E-state index in [-0.39, 0.29) is 84.0 Å². The number of aliphatic hydroxyl groups is 1. The summed E-state index contributed by atoms with van der Waals surface area (Å²) < 4.78 is 215. The molecule has 0 aliphatic rings. The predicted octanol–water partition coefficient (Wildman–Crippen LogP) is 6.23. The summed E-state index contributed by atoms with van der Waals surface area (Å²) >= 11 is 12.3. The van der Waals surface area contributed by atoms with Crippen molar-refractivity contribution < 1.29 is 92.8 Å². The first-order valence-corrected chi connectivity index (χ1v) is 32.2. The molecule has 5 aromatic carbocycles. The molecule has 456 valence electrons. The zero-order valence-electron chi connectivity index (χ0n) is 42.7. The Kier molecular flexibility index (Phi) is 20.6. The predicted molar refractivity (Wildman–Crippen MR) is 303 cm³/mol. The van der Waals surface area contributed by atoms with Crippen LogP contribution in [0.1, 0.15) is 20.3 Å². The Bertz CT molecular complexity index is 4540. The number of guanidine groups is 1. The van der Waals surface area contributed by atoms with Gasteiger partial charge in [-0.1, -0.05) is 18.5 Å². The van der Waals surface area contributed by atoms with Gasteiger partial charge in [-0.2, -0.15) is 70.5 Å². The van der Waals surface area contributed by atoms with Gasteiger partial charge in [0.2, 0.25) is 23.1 Å². The number of aromatic hydroxyl groups is 1. The summed E-state index contributed by atoms with van der Waals surface area (Å²) in [7, 11) is -31.8. The number of nitrogen functional groups attached to an aromatic ring is 1. The molecular formula is C42H42Cl2N14O21S6. The van der Waals surface area contributed by atoms with Gasteiger partial charge >= 0.3 is 0 Å². The number of aliphatic imine (C=N–C) groups is 2. The van der Waals surface area contributed by atoms with Crippen LogP contribution < -0.4 is 27.0 Å². The molecule has 0 spiro atoms. The van der Waals surface area contributed by atoms with Crippen LogP contribution >= 0.6 is 23.2 Å². The molecule has 0 amide bonds. The lowest BCUT2D eigenvalue weighted by molar-refractivity contribution is 0.0991. The van der Waals surface area contributed by atoms with Gasteiger partial charge in [0, 0.05) is 17.9 Å². The minimum Gasteiger partial charge on any atom is -0.505 e. The topological polar surface area (TPSA) is 563 Å². The van der Waals surface area contributed by atoms with E-state index in [1.165, 1.54) is 19.1 Å². The normalized spacial score (nSPS) is 13.5. The van der Waals surface area contributed by atoms with Crippen molar-refractivity contribution in [1.82, 2.24) is 15.0 Å². The average Bonchev–Trinajstić information content (AvgIpc) is 0.977. The number of nitrogens with two attached hydrogens (primary N) is 1. The molecule has 43 heteroatoms. The highest BCUT2D eigenvalue weighted by Gasteiger charge is 2.30. The van der Waals surface area contributed by atoms with E-state index in [4.69, 9.17) is 38.8 Å². The van der Waals surface area contributed by atoms with Gasteiger partial charge < -0.3 is 42.0 Å². The zero-order chi connectivity index (χ0) is 63.2. The number of aliphatic hydroxyl groups excluding tert-OH is 1. The zero-order valence-corrected chi connectivity index (χ0v) is 49.1. The number of fused-ring (bicyclic) bond motifs is 1. The van der Waals surface area contributed by atoms with E-state index < -0.39 is 135 Å². The van der Waals surface area contributed by atoms with Gasteiger partial charge in [-0.3, -0.25) is 27.3 Å². The minimum atomic E-state index is -5.60. The number of ether oxygens (including phenoxy) is 1. The van der Waals surface area contributed by atoms with Crippen molar-refractivity contribution in [3.8, 4) is 5.75 Å². The molecule has 85 heavy (non-hydrogen) atoms. The van der Waals surface area contributed by atoms with Gasteiger partial charge in [0.25, 0.3) is 60.7 Å². The number of hydrogen-bond donors (Lipinski definition) is 13. The standard InChI is InChI=1S/C42H42Cl2N14O21S6/c1-3-4-33(51-41(47-20(2)43)49-23-6-8-28(81(64,65)66)25(17-23)50-42-53-39(44)52-40(54-42)46-11-13-79-14-12-59)48-22-5-9-29(82(67,68)69)26(18-22)55-58-37-32(85(76,77)78)16-21-15-31(84(73,74)75)36(35(45)34(21)38(37)60)57-56-27-19-24(80(61,62)63)7-10-30(27)83(70,71)72/h4-10,15-19,48,59-60H,3,11-14,45H2,1-2H3,(H,49,51)(H,61,62,63)(H,64,65,66)(H,67,68,69)(H,70,71,72)(H,73,74,75)(H,76,77,78)(H2,46,50,52,53,54)/b33-4+,47-20?,57-56?,58-55?. The Morgan fingerprint density at radius 3 is 1.72 bits per heavy atom. The summed E-state index contributed by atoms with van der Waals surface area (Å²) in [5.41, 5.74) is 0.294. The number of nitrogens with one attached hydrogen (secondary N) is 4. The van der Waals surface area contributed by atoms with Crippen LogP contribution in [0.5, 0.6) is 5.75 Å². The SMILES string of the molecule is CC/C=C(/N=C(N=C(C)Cl)Nc1ccc(S(=O)(=O)O)c(Nc2nc(Cl)nc(NCCOCCO)n2)c1)Nc1ccc(S(=O)(=O)O)c(N=Nc2c(S(=O)(=O)O)cc3cc(S(=O)(=O)O)c(N=Nc4cc(S(=O)(=O)O)ccc4S(=O)(=O)O)c(N)c3c2O)c1. The molecule has 0 radical (unpaired) electrons. The highest BCUT2D eigenvalue weighted by Crippen LogP contribution is 2.49. The van der Waals surface area contributed by atoms with Crippen LogP contribution in [0.4, 0.5) is 57.4 Å². The maximum Gasteiger partial charge on any atom is 0.296 e. The first-order chi connectivity index (χ1) is 39.4. The van der Waals surface area contributed by atoms with E-state index in [0.29, 0.717) is 30.3 Å². The number of nitrogens with zero attached hydrogens (tertiary/aromatic N) is 9. The first kappa shape index (κ1) is 66.5. The lowest BCUT2D eigenvalue weighted by Gasteiger charge is -2.15. The summed E-state index contributed by atoms with van der Waals surface area (Å²) in [5, 5.41) is 43.9. The number of anilines is 6. The summed E-state index contributed by atoms with van der Waals surface area (Å²) in [6.07, 6.45) is 1.66. The van der Waals surface area contributed by atoms with Crippen molar-refractivity contribution in [1.29, 1.82) is 0 Å². The van der Waals surface area contributed by atoms with E-state index in [1.54, 1.807) is 6.92 Å². The summed E-state index contributed by atoms with van der Waals surface area (Å²) in [6.45, 7) is 3.12. The van der Waals surface area contributed by atoms with E-state index >= 15 is 0 Å². The maximum absolute atomic E-state index is 12.9. The number of azo groups is 2. The molecule has 1 heterocycles. The summed E-state index contributed by atoms with van der Waals surface area (Å²) in [6, 6.07) is 8.23. The Labute approximate surface area is 491 Å². The molecule has 0 saturated heterocycles. The monoisotopic (exact) mass is 1340 g/mol. The number of aromatic nitrogens is 3. The molecule has 6 aromatic rings. The number of benzene rings is 5. The second kappa shape index (κ2) is 26.4. The highest BCUT2D eigenvalue weighted by molar-refractivity contribution is 7.87. The molecule has 0 aliphatic heterocycles. The Balaban J connectivity index is 1.43. The van der Waals surface area contributed by atoms with Crippen molar-refractivity contribution in [2.45, 2.75) is 49.6 Å². The summed E-state index contributed by atoms with van der Waals surface area (Å²) in [4.78, 5) is 14.0. The Morgan fingerprint density at radius 2 is 1.16 bits per heavy atom. The number of phenolic OH excluding ortho intramolecular Hbond substituents is 1. The quantitative estimate of drug-likeness (QED) is 0.00844. The third-order valence-corrected chi connectivity index (χ3v) is 16.0. The Morgan fingerprint density at radius 1 is 0.635 bits per heavy atom. The molecule has 1 aromatic heterocycles. The van der Waals surface area contributed by atoms with Crippen LogP contribution in [-0.4, -0.2) is 140 Å². The number of phenols is 1. The largest absolute Gasteiger partial charge is 0.505 e. The third-order valence-electron chi connectivity index (χ3n) is 10.4. The molecule has 0 saturated carbocycles. The summed E-state index contributed by atoms with van der Waals surface area (Å²) in [5.74, 6) is -2.24. The smallest absolute Gasteiger partial charge is 0.296 e. The van der Waals surface area contributed by atoms with Gasteiger partial charge in [-0.25, -0.2) is 4.99 Å². The second-order valence-corrected chi connectivity index (χ2v) is 25.8. The molecule has 0 unspecified atom stereocenters. The van der Waals surface area contributed by atoms with Crippen LogP contribution in [0.2, 0.25) is 5.28 Å². The lowest BCUT2D eigenvalue weighted by Crippen LogP contribution is -2.15. The fraction of sp³-hybridized carbons (Fsp3) is 0.167. The average molecular weight is 1340 g/mol. The number of allylic oxidation sites excluding steroid dienone is 1. The van der Waals surface area contributed by atoms with Crippen LogP contribution in [0.15, 0.2) is 138 Å². The fourth-order valence-corrected chi connectivity index (χ4v) is 10.9. The van der Waals surface area contributed by atoms with Crippen molar-refractivity contribution in [3.05, 3.63) is 83.9 Å². The fourth-order valence-electron chi connectivity index (χ4n) is 7.03. The van der Waals surface area contributed by atoms with E-state index in [1.807, 2.05) is 0 Å². The van der Waals surface area contributed by atoms with Gasteiger partial charge in [-0.15, -0.1) is 20.5 Å². The van der Waals surface area contributed by atoms with Crippen LogP contribution in [-0.2, 0) is 65.4 Å². The van der Waals surface area contributed by atoms with Crippen LogP contribution in [0.25, 0.3) is 10.8 Å². The first-order valence-electron chi connectivity index (χ1n) is 22.8.